The monoisotopic (exact) mass is 804 g/mol. The Morgan fingerprint density at radius 3 is 1.91 bits per heavy atom. The molecule has 7 rings (SSSR count). The van der Waals surface area contributed by atoms with E-state index in [0.29, 0.717) is 17.1 Å². The number of nitrogens with zero attached hydrogens (tertiary/aromatic N) is 3. The van der Waals surface area contributed by atoms with E-state index < -0.39 is 43.6 Å². The van der Waals surface area contributed by atoms with Crippen molar-refractivity contribution >= 4 is 20.0 Å². The van der Waals surface area contributed by atoms with Gasteiger partial charge in [0.25, 0.3) is 5.91 Å². The summed E-state index contributed by atoms with van der Waals surface area (Å²) in [7, 11) is 2.82. The van der Waals surface area contributed by atoms with Crippen molar-refractivity contribution in [2.75, 3.05) is 39.8 Å². The molecule has 4 aromatic carbocycles. The highest BCUT2D eigenvalue weighted by Crippen LogP contribution is 2.49. The van der Waals surface area contributed by atoms with Gasteiger partial charge in [0.2, 0.25) is 0 Å². The van der Waals surface area contributed by atoms with E-state index in [1.54, 1.807) is 55.8 Å². The number of likely N-dealkylation sites (N-methyl/N-ethyl adjacent to an activating group) is 1. The molecule has 0 spiro atoms. The van der Waals surface area contributed by atoms with Crippen LogP contribution in [0.1, 0.15) is 54.0 Å². The van der Waals surface area contributed by atoms with Crippen LogP contribution in [0.15, 0.2) is 126 Å². The summed E-state index contributed by atoms with van der Waals surface area (Å²) in [4.78, 5) is 37.6. The number of rotatable bonds is 16. The Hall–Kier alpha value is -5.15. The molecule has 1 N–H and O–H groups in total. The molecule has 2 aliphatic heterocycles. The minimum Gasteiger partial charge on any atom is -0.497 e. The zero-order chi connectivity index (χ0) is 40.9. The van der Waals surface area contributed by atoms with E-state index >= 15 is 0 Å². The van der Waals surface area contributed by atoms with Gasteiger partial charge < -0.3 is 28.7 Å². The summed E-state index contributed by atoms with van der Waals surface area (Å²) in [5.74, 6) is 1.19. The van der Waals surface area contributed by atoms with Crippen LogP contribution >= 0.6 is 0 Å². The van der Waals surface area contributed by atoms with Crippen LogP contribution in [0.4, 0.5) is 5.82 Å². The molecule has 0 aliphatic carbocycles. The van der Waals surface area contributed by atoms with Crippen molar-refractivity contribution < 1.29 is 33.0 Å². The summed E-state index contributed by atoms with van der Waals surface area (Å²) in [5.41, 5.74) is 0.175. The van der Waals surface area contributed by atoms with Gasteiger partial charge in [0.05, 0.1) is 20.8 Å². The van der Waals surface area contributed by atoms with Gasteiger partial charge in [-0.3, -0.25) is 14.2 Å². The molecule has 0 saturated carbocycles. The number of fused-ring (bicyclic) bond motifs is 2. The Bertz CT molecular complexity index is 2150. The number of anilines is 1. The van der Waals surface area contributed by atoms with E-state index in [9.17, 15) is 9.59 Å². The summed E-state index contributed by atoms with van der Waals surface area (Å²) in [6, 6.07) is 38.4. The first-order chi connectivity index (χ1) is 28.1. The third-order valence-electron chi connectivity index (χ3n) is 11.8. The minimum absolute atomic E-state index is 0.0283. The van der Waals surface area contributed by atoms with E-state index in [2.05, 4.69) is 43.2 Å². The molecule has 2 aliphatic rings. The molecule has 3 heterocycles. The van der Waals surface area contributed by atoms with E-state index in [1.165, 1.54) is 4.57 Å². The second kappa shape index (κ2) is 17.4. The summed E-state index contributed by atoms with van der Waals surface area (Å²) in [5, 5.41) is 4.49. The third-order valence-corrected chi connectivity index (χ3v) is 16.4. The number of hydrogen-bond donors (Lipinski definition) is 1. The summed E-state index contributed by atoms with van der Waals surface area (Å²) in [6.07, 6.45) is 0.186. The standard InChI is InChI=1S/C45H52N4O8Si/c1-7-58(8-2,9-3)57-40-39-42(49-29-28-38(47-43(49)51)46-41(50)32-16-12-10-13-17-32)56-44(40,31-55-48(39)4)30-54-45(33-18-14-11-15-19-33,34-20-24-36(52-5)25-21-34)35-22-26-37(53-6)27-23-35/h10-29,39-40,42H,7-9,30-31H2,1-6H3,(H,46,47,50,51)/t39-,40+,42-,44+/m1/s1. The van der Waals surface area contributed by atoms with Crippen LogP contribution in [-0.4, -0.2) is 81.1 Å². The number of ether oxygens (including phenoxy) is 4. The predicted octanol–water partition coefficient (Wildman–Crippen LogP) is 7.43. The Kier molecular flexibility index (Phi) is 12.3. The highest BCUT2D eigenvalue weighted by Gasteiger charge is 2.64. The van der Waals surface area contributed by atoms with Crippen LogP contribution in [-0.2, 0) is 24.3 Å². The van der Waals surface area contributed by atoms with Crippen molar-refractivity contribution in [3.8, 4) is 11.5 Å². The average molecular weight is 805 g/mol. The lowest BCUT2D eigenvalue weighted by Crippen LogP contribution is -2.63. The Morgan fingerprint density at radius 2 is 1.38 bits per heavy atom. The number of aromatic nitrogens is 2. The zero-order valence-electron chi connectivity index (χ0n) is 33.9. The summed E-state index contributed by atoms with van der Waals surface area (Å²) < 4.78 is 34.7. The van der Waals surface area contributed by atoms with Crippen molar-refractivity contribution in [3.05, 3.63) is 154 Å². The van der Waals surface area contributed by atoms with Crippen molar-refractivity contribution in [1.82, 2.24) is 14.6 Å². The van der Waals surface area contributed by atoms with Gasteiger partial charge in [-0.1, -0.05) is 93.6 Å². The Morgan fingerprint density at radius 1 is 0.828 bits per heavy atom. The summed E-state index contributed by atoms with van der Waals surface area (Å²) in [6.45, 7) is 6.70. The fourth-order valence-corrected chi connectivity index (χ4v) is 11.1. The second-order valence-corrected chi connectivity index (χ2v) is 19.5. The van der Waals surface area contributed by atoms with Gasteiger partial charge in [0.1, 0.15) is 47.3 Å². The maximum atomic E-state index is 14.0. The molecule has 1 amide bonds. The van der Waals surface area contributed by atoms with Crippen LogP contribution in [0.5, 0.6) is 11.5 Å². The van der Waals surface area contributed by atoms with Crippen molar-refractivity contribution in [1.29, 1.82) is 0 Å². The molecular weight excluding hydrogens is 753 g/mol. The van der Waals surface area contributed by atoms with Crippen molar-refractivity contribution in [2.24, 2.45) is 0 Å². The normalized spacial score (nSPS) is 20.8. The minimum atomic E-state index is -2.31. The van der Waals surface area contributed by atoms with E-state index in [1.807, 2.05) is 79.8 Å². The van der Waals surface area contributed by atoms with Gasteiger partial charge in [-0.15, -0.1) is 0 Å². The maximum absolute atomic E-state index is 14.0. The smallest absolute Gasteiger partial charge is 0.351 e. The predicted molar refractivity (Wildman–Crippen MR) is 224 cm³/mol. The van der Waals surface area contributed by atoms with Crippen LogP contribution in [0.2, 0.25) is 18.1 Å². The number of hydrogen-bond acceptors (Lipinski definition) is 10. The van der Waals surface area contributed by atoms with E-state index in [0.717, 1.165) is 34.8 Å². The van der Waals surface area contributed by atoms with Crippen LogP contribution in [0.25, 0.3) is 0 Å². The molecule has 2 bridgehead atoms. The number of methoxy groups -OCH3 is 2. The second-order valence-electron chi connectivity index (χ2n) is 14.8. The molecule has 0 unspecified atom stereocenters. The van der Waals surface area contributed by atoms with Crippen LogP contribution in [0, 0.1) is 0 Å². The molecule has 5 aromatic rings. The number of carbonyl (C=O) groups excluding carboxylic acids is 1. The van der Waals surface area contributed by atoms with Gasteiger partial charge in [-0.05, 0) is 77.3 Å². The van der Waals surface area contributed by atoms with Gasteiger partial charge in [-0.25, -0.2) is 4.79 Å². The molecule has 58 heavy (non-hydrogen) atoms. The lowest BCUT2D eigenvalue weighted by molar-refractivity contribution is -0.259. The lowest BCUT2D eigenvalue weighted by atomic mass is 9.79. The number of carbonyl (C=O) groups is 1. The SMILES string of the molecule is CC[Si](CC)(CC)O[C@H]1[C@@H]2[C@H](n3ccc(NC(=O)c4ccccc4)nc3=O)O[C@@]1(COC(c1ccccc1)(c1ccc(OC)cc1)c1ccc(OC)cc1)CON2C. The third kappa shape index (κ3) is 7.73. The summed E-state index contributed by atoms with van der Waals surface area (Å²) >= 11 is 0. The van der Waals surface area contributed by atoms with Crippen LogP contribution < -0.4 is 20.5 Å². The highest BCUT2D eigenvalue weighted by atomic mass is 28.4. The number of amides is 1. The molecule has 4 atom stereocenters. The first kappa shape index (κ1) is 41.0. The van der Waals surface area contributed by atoms with Crippen molar-refractivity contribution in [2.45, 2.75) is 68.5 Å². The largest absolute Gasteiger partial charge is 0.497 e. The topological polar surface area (TPSA) is 123 Å². The average Bonchev–Trinajstić information content (AvgIpc) is 3.50. The quantitative estimate of drug-likeness (QED) is 0.0797. The van der Waals surface area contributed by atoms with Gasteiger partial charge in [0, 0.05) is 18.8 Å². The molecule has 13 heteroatoms. The first-order valence-electron chi connectivity index (χ1n) is 19.8. The molecule has 2 saturated heterocycles. The fourth-order valence-electron chi connectivity index (χ4n) is 8.21. The maximum Gasteiger partial charge on any atom is 0.351 e. The van der Waals surface area contributed by atoms with E-state index in [4.69, 9.17) is 28.2 Å². The molecular formula is C45H52N4O8Si. The van der Waals surface area contributed by atoms with E-state index in [-0.39, 0.29) is 24.9 Å². The lowest BCUT2D eigenvalue weighted by Gasteiger charge is -2.47. The first-order valence-corrected chi connectivity index (χ1v) is 22.3. The Labute approximate surface area is 340 Å². The Balaban J connectivity index is 1.33. The van der Waals surface area contributed by atoms with Crippen LogP contribution in [0.3, 0.4) is 0 Å². The van der Waals surface area contributed by atoms with Gasteiger partial charge in [-0.2, -0.15) is 10.0 Å². The van der Waals surface area contributed by atoms with Gasteiger partial charge >= 0.3 is 5.69 Å². The number of hydroxylamine groups is 2. The molecule has 0 radical (unpaired) electrons. The number of benzene rings is 4. The number of nitrogens with one attached hydrogen (secondary N) is 1. The highest BCUT2D eigenvalue weighted by molar-refractivity contribution is 6.73. The van der Waals surface area contributed by atoms with Crippen molar-refractivity contribution in [3.63, 3.8) is 0 Å². The molecule has 2 fully saturated rings. The zero-order valence-corrected chi connectivity index (χ0v) is 34.9. The molecule has 304 valence electrons. The fraction of sp³-hybridized carbons (Fsp3) is 0.356. The molecule has 1 aromatic heterocycles. The molecule has 12 nitrogen and oxygen atoms in total. The van der Waals surface area contributed by atoms with Gasteiger partial charge in [0.15, 0.2) is 14.5 Å².